The number of amides is 2. The van der Waals surface area contributed by atoms with Crippen LogP contribution in [0.3, 0.4) is 0 Å². The normalized spacial score (nSPS) is 14.8. The van der Waals surface area contributed by atoms with Crippen LogP contribution in [0.2, 0.25) is 0 Å². The van der Waals surface area contributed by atoms with Gasteiger partial charge in [-0.15, -0.1) is 0 Å². The maximum atomic E-state index is 12.1. The summed E-state index contributed by atoms with van der Waals surface area (Å²) in [6.45, 7) is 2.02. The first-order valence-electron chi connectivity index (χ1n) is 7.06. The molecule has 0 fully saturated rings. The third-order valence-electron chi connectivity index (χ3n) is 3.50. The van der Waals surface area contributed by atoms with Crippen LogP contribution in [0.25, 0.3) is 6.08 Å². The number of phenolic OH excluding ortho intramolecular Hbond substituents is 1. The van der Waals surface area contributed by atoms with Crippen molar-refractivity contribution in [1.29, 1.82) is 0 Å². The molecular formula is C17H17NO5. The quantitative estimate of drug-likeness (QED) is 0.680. The van der Waals surface area contributed by atoms with Crippen LogP contribution in [0.15, 0.2) is 35.9 Å². The number of carbonyl (C=O) groups excluding carboxylic acids is 3. The number of esters is 1. The van der Waals surface area contributed by atoms with Crippen molar-refractivity contribution in [1.82, 2.24) is 4.90 Å². The molecule has 1 aliphatic heterocycles. The van der Waals surface area contributed by atoms with Crippen molar-refractivity contribution in [3.8, 4) is 5.75 Å². The molecule has 2 rings (SSSR count). The van der Waals surface area contributed by atoms with Gasteiger partial charge in [0.2, 0.25) is 0 Å². The summed E-state index contributed by atoms with van der Waals surface area (Å²) in [6, 6.07) is 4.30. The number of phenols is 1. The van der Waals surface area contributed by atoms with Crippen LogP contribution in [0.1, 0.15) is 29.3 Å². The van der Waals surface area contributed by atoms with Crippen LogP contribution in [-0.2, 0) is 14.3 Å². The Bertz CT molecular complexity index is 718. The van der Waals surface area contributed by atoms with E-state index in [2.05, 4.69) is 4.74 Å². The highest BCUT2D eigenvalue weighted by atomic mass is 16.5. The summed E-state index contributed by atoms with van der Waals surface area (Å²) in [5.41, 5.74) is 1.10. The number of ether oxygens (including phenoxy) is 1. The lowest BCUT2D eigenvalue weighted by Gasteiger charge is -2.22. The lowest BCUT2D eigenvalue weighted by Crippen LogP contribution is -2.39. The van der Waals surface area contributed by atoms with Crippen LogP contribution in [0.5, 0.6) is 5.75 Å². The highest BCUT2D eigenvalue weighted by Crippen LogP contribution is 2.20. The molecule has 23 heavy (non-hydrogen) atoms. The van der Waals surface area contributed by atoms with E-state index in [9.17, 15) is 19.5 Å². The summed E-state index contributed by atoms with van der Waals surface area (Å²) in [5.74, 6) is -1.59. The molecule has 1 aliphatic rings. The summed E-state index contributed by atoms with van der Waals surface area (Å²) >= 11 is 0. The van der Waals surface area contributed by atoms with Gasteiger partial charge in [-0.25, -0.2) is 4.79 Å². The van der Waals surface area contributed by atoms with Gasteiger partial charge in [-0.1, -0.05) is 12.1 Å². The molecule has 0 saturated carbocycles. The van der Waals surface area contributed by atoms with E-state index in [4.69, 9.17) is 0 Å². The van der Waals surface area contributed by atoms with Gasteiger partial charge in [-0.2, -0.15) is 0 Å². The first-order valence-corrected chi connectivity index (χ1v) is 7.06. The Balaban J connectivity index is 2.17. The second-order valence-corrected chi connectivity index (χ2v) is 5.07. The van der Waals surface area contributed by atoms with E-state index < -0.39 is 11.9 Å². The SMILES string of the molecule is COC(=O)c1cc(/C=C/C(=O)N2CCC=C(C)C2=O)ccc1O. The highest BCUT2D eigenvalue weighted by molar-refractivity contribution is 6.09. The Morgan fingerprint density at radius 2 is 2.09 bits per heavy atom. The molecule has 0 aromatic heterocycles. The fourth-order valence-electron chi connectivity index (χ4n) is 2.21. The summed E-state index contributed by atoms with van der Waals surface area (Å²) < 4.78 is 4.57. The van der Waals surface area contributed by atoms with E-state index in [-0.39, 0.29) is 17.2 Å². The van der Waals surface area contributed by atoms with Crippen LogP contribution in [0.4, 0.5) is 0 Å². The van der Waals surface area contributed by atoms with Gasteiger partial charge in [0.15, 0.2) is 0 Å². The van der Waals surface area contributed by atoms with E-state index in [0.29, 0.717) is 24.1 Å². The van der Waals surface area contributed by atoms with Crippen molar-refractivity contribution in [3.05, 3.63) is 47.1 Å². The third-order valence-corrected chi connectivity index (χ3v) is 3.50. The molecule has 1 aromatic rings. The predicted octanol–water partition coefficient (Wildman–Crippen LogP) is 1.90. The van der Waals surface area contributed by atoms with Crippen molar-refractivity contribution in [2.24, 2.45) is 0 Å². The van der Waals surface area contributed by atoms with Crippen LogP contribution >= 0.6 is 0 Å². The minimum Gasteiger partial charge on any atom is -0.507 e. The van der Waals surface area contributed by atoms with E-state index in [1.165, 1.54) is 36.3 Å². The third kappa shape index (κ3) is 3.66. The van der Waals surface area contributed by atoms with E-state index in [1.54, 1.807) is 19.1 Å². The van der Waals surface area contributed by atoms with Crippen LogP contribution in [-0.4, -0.2) is 41.4 Å². The van der Waals surface area contributed by atoms with Gasteiger partial charge in [0.05, 0.1) is 7.11 Å². The Kier molecular flexibility index (Phi) is 4.95. The molecule has 6 heteroatoms. The number of aromatic hydroxyl groups is 1. The van der Waals surface area contributed by atoms with Gasteiger partial charge >= 0.3 is 5.97 Å². The first-order chi connectivity index (χ1) is 10.9. The first kappa shape index (κ1) is 16.5. The van der Waals surface area contributed by atoms with Gasteiger partial charge in [0.25, 0.3) is 11.8 Å². The monoisotopic (exact) mass is 315 g/mol. The zero-order valence-electron chi connectivity index (χ0n) is 12.9. The number of hydrogen-bond donors (Lipinski definition) is 1. The minimum atomic E-state index is -0.670. The van der Waals surface area contributed by atoms with Gasteiger partial charge in [-0.3, -0.25) is 14.5 Å². The summed E-state index contributed by atoms with van der Waals surface area (Å²) in [6.07, 6.45) is 5.19. The fourth-order valence-corrected chi connectivity index (χ4v) is 2.21. The van der Waals surface area contributed by atoms with Gasteiger partial charge < -0.3 is 9.84 Å². The summed E-state index contributed by atoms with van der Waals surface area (Å²) in [4.78, 5) is 36.7. The number of rotatable bonds is 3. The van der Waals surface area contributed by atoms with Crippen molar-refractivity contribution in [2.45, 2.75) is 13.3 Å². The van der Waals surface area contributed by atoms with Gasteiger partial charge in [-0.05, 0) is 37.1 Å². The molecule has 0 radical (unpaired) electrons. The number of imide groups is 1. The molecule has 6 nitrogen and oxygen atoms in total. The highest BCUT2D eigenvalue weighted by Gasteiger charge is 2.23. The summed E-state index contributed by atoms with van der Waals surface area (Å²) in [7, 11) is 1.21. The lowest BCUT2D eigenvalue weighted by molar-refractivity contribution is -0.139. The van der Waals surface area contributed by atoms with E-state index in [1.807, 2.05) is 0 Å². The zero-order valence-corrected chi connectivity index (χ0v) is 12.9. The molecule has 2 amide bonds. The van der Waals surface area contributed by atoms with Crippen molar-refractivity contribution in [2.75, 3.05) is 13.7 Å². The van der Waals surface area contributed by atoms with Crippen molar-refractivity contribution >= 4 is 23.9 Å². The van der Waals surface area contributed by atoms with E-state index >= 15 is 0 Å². The average molecular weight is 315 g/mol. The van der Waals surface area contributed by atoms with Crippen LogP contribution < -0.4 is 0 Å². The Labute approximate surface area is 133 Å². The van der Waals surface area contributed by atoms with Gasteiger partial charge in [0, 0.05) is 18.2 Å². The molecule has 120 valence electrons. The Morgan fingerprint density at radius 3 is 2.78 bits per heavy atom. The molecule has 0 atom stereocenters. The van der Waals surface area contributed by atoms with Crippen molar-refractivity contribution in [3.63, 3.8) is 0 Å². The standard InChI is InChI=1S/C17H17NO5/c1-11-4-3-9-18(16(11)21)15(20)8-6-12-5-7-14(19)13(10-12)17(22)23-2/h4-8,10,19H,3,9H2,1-2H3/b8-6+. The molecule has 1 N–H and O–H groups in total. The molecule has 0 saturated heterocycles. The minimum absolute atomic E-state index is 0.00919. The number of methoxy groups -OCH3 is 1. The van der Waals surface area contributed by atoms with E-state index in [0.717, 1.165) is 0 Å². The fraction of sp³-hybridized carbons (Fsp3) is 0.235. The molecular weight excluding hydrogens is 298 g/mol. The Morgan fingerprint density at radius 1 is 1.35 bits per heavy atom. The molecule has 1 heterocycles. The maximum absolute atomic E-state index is 12.1. The van der Waals surface area contributed by atoms with Gasteiger partial charge in [0.1, 0.15) is 11.3 Å². The topological polar surface area (TPSA) is 83.9 Å². The largest absolute Gasteiger partial charge is 0.507 e. The van der Waals surface area contributed by atoms with Crippen LogP contribution in [0, 0.1) is 0 Å². The zero-order chi connectivity index (χ0) is 17.0. The molecule has 0 spiro atoms. The number of hydrogen-bond acceptors (Lipinski definition) is 5. The lowest BCUT2D eigenvalue weighted by atomic mass is 10.1. The average Bonchev–Trinajstić information content (AvgIpc) is 2.55. The second-order valence-electron chi connectivity index (χ2n) is 5.07. The number of benzene rings is 1. The molecule has 0 unspecified atom stereocenters. The molecule has 0 bridgehead atoms. The number of nitrogens with zero attached hydrogens (tertiary/aromatic N) is 1. The summed E-state index contributed by atoms with van der Waals surface area (Å²) in [5, 5.41) is 9.63. The number of carbonyl (C=O) groups is 3. The predicted molar refractivity (Wildman–Crippen MR) is 83.6 cm³/mol. The molecule has 1 aromatic carbocycles. The second kappa shape index (κ2) is 6.91. The Hall–Kier alpha value is -2.89. The smallest absolute Gasteiger partial charge is 0.341 e. The maximum Gasteiger partial charge on any atom is 0.341 e. The van der Waals surface area contributed by atoms with Crippen molar-refractivity contribution < 1.29 is 24.2 Å². The molecule has 0 aliphatic carbocycles.